The van der Waals surface area contributed by atoms with Crippen molar-refractivity contribution >= 4 is 0 Å². The molecule has 0 bridgehead atoms. The van der Waals surface area contributed by atoms with Gasteiger partial charge in [0.05, 0.1) is 12.8 Å². The molecule has 0 radical (unpaired) electrons. The molecule has 1 aromatic heterocycles. The first-order valence-electron chi connectivity index (χ1n) is 7.54. The monoisotopic (exact) mass is 266 g/mol. The highest BCUT2D eigenvalue weighted by Gasteiger charge is 2.12. The van der Waals surface area contributed by atoms with Gasteiger partial charge < -0.3 is 9.73 Å². The van der Waals surface area contributed by atoms with E-state index in [-0.39, 0.29) is 0 Å². The van der Waals surface area contributed by atoms with E-state index >= 15 is 0 Å². The van der Waals surface area contributed by atoms with E-state index in [9.17, 15) is 0 Å². The van der Waals surface area contributed by atoms with E-state index in [1.54, 1.807) is 0 Å². The zero-order chi connectivity index (χ0) is 14.3. The van der Waals surface area contributed by atoms with Gasteiger partial charge in [0.1, 0.15) is 5.76 Å². The van der Waals surface area contributed by atoms with Crippen molar-refractivity contribution in [2.75, 3.05) is 13.6 Å². The molecule has 0 aliphatic heterocycles. The highest BCUT2D eigenvalue weighted by Crippen LogP contribution is 2.14. The minimum Gasteiger partial charge on any atom is -0.468 e. The van der Waals surface area contributed by atoms with Crippen LogP contribution in [0.5, 0.6) is 0 Å². The summed E-state index contributed by atoms with van der Waals surface area (Å²) >= 11 is 0. The number of hydrogen-bond donors (Lipinski definition) is 1. The van der Waals surface area contributed by atoms with Crippen LogP contribution in [0.1, 0.15) is 51.9 Å². The van der Waals surface area contributed by atoms with E-state index in [0.717, 1.165) is 25.4 Å². The third-order valence-corrected chi connectivity index (χ3v) is 3.56. The van der Waals surface area contributed by atoms with Crippen LogP contribution in [0.3, 0.4) is 0 Å². The molecule has 0 atom stereocenters. The number of nitrogens with zero attached hydrogens (tertiary/aromatic N) is 1. The van der Waals surface area contributed by atoms with Crippen LogP contribution in [0.4, 0.5) is 0 Å². The van der Waals surface area contributed by atoms with E-state index < -0.39 is 0 Å². The lowest BCUT2D eigenvalue weighted by molar-refractivity contribution is 0.206. The first kappa shape index (κ1) is 16.3. The fraction of sp³-hybridized carbons (Fsp3) is 0.750. The van der Waals surface area contributed by atoms with Gasteiger partial charge in [-0.25, -0.2) is 0 Å². The third kappa shape index (κ3) is 5.79. The molecule has 0 spiro atoms. The minimum absolute atomic E-state index is 0.646. The predicted molar refractivity (Wildman–Crippen MR) is 81.1 cm³/mol. The van der Waals surface area contributed by atoms with Gasteiger partial charge >= 0.3 is 0 Å². The Kier molecular flexibility index (Phi) is 7.17. The summed E-state index contributed by atoms with van der Waals surface area (Å²) in [5, 5.41) is 3.44. The Morgan fingerprint density at radius 2 is 1.95 bits per heavy atom. The van der Waals surface area contributed by atoms with Gasteiger partial charge in [-0.15, -0.1) is 0 Å². The van der Waals surface area contributed by atoms with E-state index in [1.807, 2.05) is 6.26 Å². The Hall–Kier alpha value is -0.800. The molecule has 1 rings (SSSR count). The second kappa shape index (κ2) is 8.39. The SMILES string of the molecule is CCC(CC)N(C)Cc1cc(CNCC(C)C)co1. The van der Waals surface area contributed by atoms with Crippen molar-refractivity contribution in [1.29, 1.82) is 0 Å². The van der Waals surface area contributed by atoms with Gasteiger partial charge in [-0.05, 0) is 38.4 Å². The van der Waals surface area contributed by atoms with Gasteiger partial charge in [-0.2, -0.15) is 0 Å². The van der Waals surface area contributed by atoms with Crippen LogP contribution >= 0.6 is 0 Å². The highest BCUT2D eigenvalue weighted by atomic mass is 16.3. The van der Waals surface area contributed by atoms with Crippen LogP contribution in [-0.2, 0) is 13.1 Å². The topological polar surface area (TPSA) is 28.4 Å². The van der Waals surface area contributed by atoms with Crippen molar-refractivity contribution < 1.29 is 4.42 Å². The lowest BCUT2D eigenvalue weighted by Crippen LogP contribution is -2.29. The number of rotatable bonds is 9. The summed E-state index contributed by atoms with van der Waals surface area (Å²) in [6, 6.07) is 2.82. The molecule has 0 saturated carbocycles. The Labute approximate surface area is 118 Å². The van der Waals surface area contributed by atoms with Crippen LogP contribution in [0.15, 0.2) is 16.7 Å². The van der Waals surface area contributed by atoms with Gasteiger partial charge in [-0.1, -0.05) is 27.7 Å². The molecular weight excluding hydrogens is 236 g/mol. The summed E-state index contributed by atoms with van der Waals surface area (Å²) in [6.45, 7) is 11.8. The average molecular weight is 266 g/mol. The summed E-state index contributed by atoms with van der Waals surface area (Å²) in [7, 11) is 2.18. The summed E-state index contributed by atoms with van der Waals surface area (Å²) < 4.78 is 5.65. The van der Waals surface area contributed by atoms with Crippen LogP contribution in [0, 0.1) is 5.92 Å². The minimum atomic E-state index is 0.646. The molecule has 3 heteroatoms. The number of nitrogens with one attached hydrogen (secondary N) is 1. The largest absolute Gasteiger partial charge is 0.468 e. The Morgan fingerprint density at radius 1 is 1.26 bits per heavy atom. The molecule has 0 aliphatic carbocycles. The molecule has 0 unspecified atom stereocenters. The van der Waals surface area contributed by atoms with Crippen molar-refractivity contribution in [1.82, 2.24) is 10.2 Å². The van der Waals surface area contributed by atoms with Crippen LogP contribution in [0.2, 0.25) is 0 Å². The predicted octanol–water partition coefficient (Wildman–Crippen LogP) is 3.65. The van der Waals surface area contributed by atoms with Gasteiger partial charge in [0, 0.05) is 18.2 Å². The van der Waals surface area contributed by atoms with Gasteiger partial charge in [-0.3, -0.25) is 4.90 Å². The van der Waals surface area contributed by atoms with Crippen molar-refractivity contribution in [3.8, 4) is 0 Å². The third-order valence-electron chi connectivity index (χ3n) is 3.56. The molecule has 19 heavy (non-hydrogen) atoms. The second-order valence-corrected chi connectivity index (χ2v) is 5.83. The Morgan fingerprint density at radius 3 is 2.53 bits per heavy atom. The first-order chi connectivity index (χ1) is 9.06. The van der Waals surface area contributed by atoms with Gasteiger partial charge in [0.25, 0.3) is 0 Å². The molecule has 0 aromatic carbocycles. The summed E-state index contributed by atoms with van der Waals surface area (Å²) in [6.07, 6.45) is 4.26. The lowest BCUT2D eigenvalue weighted by atomic mass is 10.1. The fourth-order valence-electron chi connectivity index (χ4n) is 2.39. The molecule has 1 aromatic rings. The van der Waals surface area contributed by atoms with Crippen LogP contribution in [-0.4, -0.2) is 24.5 Å². The lowest BCUT2D eigenvalue weighted by Gasteiger charge is -2.24. The molecule has 1 heterocycles. The van der Waals surface area contributed by atoms with Crippen molar-refractivity contribution in [2.45, 2.75) is 59.7 Å². The smallest absolute Gasteiger partial charge is 0.118 e. The Balaban J connectivity index is 2.41. The van der Waals surface area contributed by atoms with E-state index in [4.69, 9.17) is 4.42 Å². The normalized spacial score (nSPS) is 12.0. The van der Waals surface area contributed by atoms with Crippen molar-refractivity contribution in [3.63, 3.8) is 0 Å². The Bertz CT molecular complexity index is 342. The number of furan rings is 1. The molecule has 3 nitrogen and oxygen atoms in total. The molecule has 0 amide bonds. The summed E-state index contributed by atoms with van der Waals surface area (Å²) in [5.41, 5.74) is 1.24. The van der Waals surface area contributed by atoms with E-state index in [1.165, 1.54) is 18.4 Å². The maximum Gasteiger partial charge on any atom is 0.118 e. The maximum atomic E-state index is 5.65. The van der Waals surface area contributed by atoms with Crippen LogP contribution in [0.25, 0.3) is 0 Å². The fourth-order valence-corrected chi connectivity index (χ4v) is 2.39. The second-order valence-electron chi connectivity index (χ2n) is 5.83. The van der Waals surface area contributed by atoms with Gasteiger partial charge in [0.2, 0.25) is 0 Å². The molecule has 0 aliphatic rings. The maximum absolute atomic E-state index is 5.65. The van der Waals surface area contributed by atoms with Crippen molar-refractivity contribution in [2.24, 2.45) is 5.92 Å². The van der Waals surface area contributed by atoms with E-state index in [0.29, 0.717) is 12.0 Å². The summed E-state index contributed by atoms with van der Waals surface area (Å²) in [4.78, 5) is 2.38. The zero-order valence-corrected chi connectivity index (χ0v) is 13.2. The summed E-state index contributed by atoms with van der Waals surface area (Å²) in [5.74, 6) is 1.75. The molecule has 1 N–H and O–H groups in total. The molecule has 0 fully saturated rings. The first-order valence-corrected chi connectivity index (χ1v) is 7.54. The highest BCUT2D eigenvalue weighted by molar-refractivity contribution is 5.12. The van der Waals surface area contributed by atoms with Crippen molar-refractivity contribution in [3.05, 3.63) is 23.7 Å². The van der Waals surface area contributed by atoms with Gasteiger partial charge in [0.15, 0.2) is 0 Å². The molecule has 0 saturated heterocycles. The van der Waals surface area contributed by atoms with E-state index in [2.05, 4.69) is 51.0 Å². The molecular formula is C16H30N2O. The van der Waals surface area contributed by atoms with Crippen LogP contribution < -0.4 is 5.32 Å². The standard InChI is InChI=1S/C16H30N2O/c1-6-15(7-2)18(5)11-16-8-14(12-19-16)10-17-9-13(3)4/h8,12-13,15,17H,6-7,9-11H2,1-5H3. The quantitative estimate of drug-likeness (QED) is 0.739. The zero-order valence-electron chi connectivity index (χ0n) is 13.2. The number of hydrogen-bond acceptors (Lipinski definition) is 3. The average Bonchev–Trinajstić information content (AvgIpc) is 2.78. The molecule has 110 valence electrons.